The molecule has 0 radical (unpaired) electrons. The van der Waals surface area contributed by atoms with Crippen LogP contribution in [0.4, 0.5) is 0 Å². The van der Waals surface area contributed by atoms with E-state index >= 15 is 0 Å². The second kappa shape index (κ2) is 5.47. The monoisotopic (exact) mass is 331 g/mol. The zero-order valence-corrected chi connectivity index (χ0v) is 12.0. The fourth-order valence-corrected chi connectivity index (χ4v) is 2.82. The van der Waals surface area contributed by atoms with Gasteiger partial charge < -0.3 is 4.74 Å². The van der Waals surface area contributed by atoms with E-state index in [-0.39, 0.29) is 0 Å². The lowest BCUT2D eigenvalue weighted by molar-refractivity contribution is 0.0443. The Morgan fingerprint density at radius 1 is 1.38 bits per heavy atom. The quantitative estimate of drug-likeness (QED) is 0.607. The molecule has 1 heterocycles. The molecule has 1 aliphatic rings. The summed E-state index contributed by atoms with van der Waals surface area (Å²) in [7, 11) is 0. The topological polar surface area (TPSA) is 12.5 Å². The smallest absolute Gasteiger partial charge is 0.0681 e. The molecule has 1 aliphatic heterocycles. The third-order valence-electron chi connectivity index (χ3n) is 3.04. The van der Waals surface area contributed by atoms with E-state index in [0.717, 1.165) is 19.8 Å². The molecule has 0 aliphatic carbocycles. The van der Waals surface area contributed by atoms with Gasteiger partial charge in [0.05, 0.1) is 19.3 Å². The highest BCUT2D eigenvalue weighted by atomic mass is 127. The zero-order valence-electron chi connectivity index (χ0n) is 9.82. The second-order valence-electron chi connectivity index (χ2n) is 4.50. The predicted octanol–water partition coefficient (Wildman–Crippen LogP) is 3.53. The third kappa shape index (κ3) is 2.57. The van der Waals surface area contributed by atoms with Crippen LogP contribution in [0.1, 0.15) is 36.9 Å². The molecule has 1 unspecified atom stereocenters. The molecular formula is C13H18INO. The predicted molar refractivity (Wildman–Crippen MR) is 74.8 cm³/mol. The number of benzene rings is 1. The van der Waals surface area contributed by atoms with E-state index in [4.69, 9.17) is 4.74 Å². The average molecular weight is 331 g/mol. The number of hydrogen-bond acceptors (Lipinski definition) is 2. The summed E-state index contributed by atoms with van der Waals surface area (Å²) in [5, 5.41) is 0. The first kappa shape index (κ1) is 12.3. The summed E-state index contributed by atoms with van der Waals surface area (Å²) in [5.41, 5.74) is 2.87. The Bertz CT molecular complexity index is 354. The number of hydrogen-bond donors (Lipinski definition) is 0. The highest BCUT2D eigenvalue weighted by Gasteiger charge is 2.25. The van der Waals surface area contributed by atoms with Crippen LogP contribution < -0.4 is 0 Å². The molecule has 0 aromatic heterocycles. The number of morpholine rings is 1. The lowest BCUT2D eigenvalue weighted by atomic mass is 9.93. The molecule has 1 atom stereocenters. The summed E-state index contributed by atoms with van der Waals surface area (Å²) in [5.74, 6) is 0.572. The highest BCUT2D eigenvalue weighted by molar-refractivity contribution is 14.1. The third-order valence-corrected chi connectivity index (χ3v) is 4.20. The molecule has 0 saturated carbocycles. The number of rotatable bonds is 2. The minimum absolute atomic E-state index is 0.410. The SMILES string of the molecule is CC(C)c1ccccc1C1COCCN1I. The molecule has 0 amide bonds. The van der Waals surface area contributed by atoms with Crippen LogP contribution in [0, 0.1) is 0 Å². The van der Waals surface area contributed by atoms with Gasteiger partial charge in [-0.2, -0.15) is 0 Å². The van der Waals surface area contributed by atoms with Crippen LogP contribution in [0.3, 0.4) is 0 Å². The van der Waals surface area contributed by atoms with Crippen molar-refractivity contribution in [2.75, 3.05) is 19.8 Å². The van der Waals surface area contributed by atoms with E-state index < -0.39 is 0 Å². The van der Waals surface area contributed by atoms with Crippen LogP contribution in [-0.2, 0) is 4.74 Å². The normalized spacial score (nSPS) is 22.6. The maximum absolute atomic E-state index is 5.60. The Kier molecular flexibility index (Phi) is 4.21. The summed E-state index contributed by atoms with van der Waals surface area (Å²) in [4.78, 5) is 0. The van der Waals surface area contributed by atoms with E-state index in [0.29, 0.717) is 12.0 Å². The lowest BCUT2D eigenvalue weighted by Gasteiger charge is -2.32. The van der Waals surface area contributed by atoms with Gasteiger partial charge in [-0.05, 0) is 17.0 Å². The van der Waals surface area contributed by atoms with Crippen molar-refractivity contribution in [2.45, 2.75) is 25.8 Å². The first-order chi connectivity index (χ1) is 7.70. The van der Waals surface area contributed by atoms with Crippen molar-refractivity contribution in [1.82, 2.24) is 3.11 Å². The summed E-state index contributed by atoms with van der Waals surface area (Å²) in [6.45, 7) is 7.17. The fraction of sp³-hybridized carbons (Fsp3) is 0.538. The molecule has 1 fully saturated rings. The maximum atomic E-state index is 5.60. The van der Waals surface area contributed by atoms with Crippen LogP contribution >= 0.6 is 22.9 Å². The van der Waals surface area contributed by atoms with Gasteiger partial charge in [-0.1, -0.05) is 38.1 Å². The largest absolute Gasteiger partial charge is 0.378 e. The first-order valence-electron chi connectivity index (χ1n) is 5.79. The van der Waals surface area contributed by atoms with Crippen molar-refractivity contribution in [1.29, 1.82) is 0 Å². The van der Waals surface area contributed by atoms with E-state index in [1.54, 1.807) is 0 Å². The van der Waals surface area contributed by atoms with Gasteiger partial charge in [0.25, 0.3) is 0 Å². The van der Waals surface area contributed by atoms with Crippen molar-refractivity contribution in [3.05, 3.63) is 35.4 Å². The van der Waals surface area contributed by atoms with Gasteiger partial charge in [-0.3, -0.25) is 0 Å². The minimum atomic E-state index is 0.410. The van der Waals surface area contributed by atoms with Crippen LogP contribution in [0.25, 0.3) is 0 Å². The summed E-state index contributed by atoms with van der Waals surface area (Å²) >= 11 is 2.42. The number of ether oxygens (including phenoxy) is 1. The van der Waals surface area contributed by atoms with Gasteiger partial charge in [0.15, 0.2) is 0 Å². The maximum Gasteiger partial charge on any atom is 0.0681 e. The van der Waals surface area contributed by atoms with Gasteiger partial charge >= 0.3 is 0 Å². The molecule has 1 aromatic carbocycles. The number of halogens is 1. The molecule has 0 spiro atoms. The fourth-order valence-electron chi connectivity index (χ4n) is 2.16. The van der Waals surface area contributed by atoms with Crippen molar-refractivity contribution in [3.8, 4) is 0 Å². The van der Waals surface area contributed by atoms with Gasteiger partial charge in [0, 0.05) is 29.4 Å². The Morgan fingerprint density at radius 2 is 2.12 bits per heavy atom. The molecule has 1 saturated heterocycles. The summed E-state index contributed by atoms with van der Waals surface area (Å²) < 4.78 is 7.96. The Balaban J connectivity index is 2.31. The summed E-state index contributed by atoms with van der Waals surface area (Å²) in [6, 6.07) is 9.13. The molecule has 0 N–H and O–H groups in total. The molecule has 3 heteroatoms. The molecule has 16 heavy (non-hydrogen) atoms. The highest BCUT2D eigenvalue weighted by Crippen LogP contribution is 2.32. The summed E-state index contributed by atoms with van der Waals surface area (Å²) in [6.07, 6.45) is 0. The molecule has 2 rings (SSSR count). The van der Waals surface area contributed by atoms with Gasteiger partial charge in [0.1, 0.15) is 0 Å². The van der Waals surface area contributed by atoms with Crippen LogP contribution in [0.2, 0.25) is 0 Å². The van der Waals surface area contributed by atoms with Crippen LogP contribution in [0.5, 0.6) is 0 Å². The van der Waals surface area contributed by atoms with Crippen molar-refractivity contribution in [2.24, 2.45) is 0 Å². The van der Waals surface area contributed by atoms with Gasteiger partial charge in [0.2, 0.25) is 0 Å². The second-order valence-corrected chi connectivity index (χ2v) is 5.74. The Labute approximate surface area is 111 Å². The molecule has 0 bridgehead atoms. The van der Waals surface area contributed by atoms with Crippen molar-refractivity contribution < 1.29 is 4.74 Å². The molecule has 1 aromatic rings. The Hall–Kier alpha value is -0.130. The van der Waals surface area contributed by atoms with Gasteiger partial charge in [-0.15, -0.1) is 0 Å². The van der Waals surface area contributed by atoms with Crippen LogP contribution in [0.15, 0.2) is 24.3 Å². The Morgan fingerprint density at radius 3 is 2.81 bits per heavy atom. The van der Waals surface area contributed by atoms with E-state index in [1.165, 1.54) is 11.1 Å². The first-order valence-corrected chi connectivity index (χ1v) is 6.75. The van der Waals surface area contributed by atoms with Gasteiger partial charge in [-0.25, -0.2) is 3.11 Å². The zero-order chi connectivity index (χ0) is 11.5. The van der Waals surface area contributed by atoms with Crippen molar-refractivity contribution >= 4 is 22.9 Å². The standard InChI is InChI=1S/C13H18INO/c1-10(2)11-5-3-4-6-12(11)13-9-16-8-7-15(13)14/h3-6,10,13H,7-9H2,1-2H3. The van der Waals surface area contributed by atoms with E-state index in [2.05, 4.69) is 64.1 Å². The minimum Gasteiger partial charge on any atom is -0.378 e. The molecular weight excluding hydrogens is 313 g/mol. The molecule has 2 nitrogen and oxygen atoms in total. The van der Waals surface area contributed by atoms with E-state index in [1.807, 2.05) is 0 Å². The van der Waals surface area contributed by atoms with Crippen molar-refractivity contribution in [3.63, 3.8) is 0 Å². The van der Waals surface area contributed by atoms with Crippen LogP contribution in [-0.4, -0.2) is 22.9 Å². The molecule has 88 valence electrons. The number of nitrogens with zero attached hydrogens (tertiary/aromatic N) is 1. The van der Waals surface area contributed by atoms with E-state index in [9.17, 15) is 0 Å². The lowest BCUT2D eigenvalue weighted by Crippen LogP contribution is -2.33. The average Bonchev–Trinajstić information content (AvgIpc) is 2.29.